The van der Waals surface area contributed by atoms with Crippen molar-refractivity contribution in [2.75, 3.05) is 4.81 Å². The first-order valence-electron chi connectivity index (χ1n) is 5.56. The Hall–Kier alpha value is -2.14. The Morgan fingerprint density at radius 1 is 0.882 bits per heavy atom. The quantitative estimate of drug-likeness (QED) is 0.482. The fraction of sp³-hybridized carbons (Fsp3) is 0.0667. The molecule has 2 heteroatoms. The normalized spacial score (nSPS) is 12.6. The van der Waals surface area contributed by atoms with Crippen LogP contribution in [0, 0.1) is 11.8 Å². The van der Waals surface area contributed by atoms with Crippen LogP contribution in [0.15, 0.2) is 48.5 Å². The molecule has 0 bridgehead atoms. The van der Waals surface area contributed by atoms with E-state index in [1.54, 1.807) is 4.81 Å². The van der Waals surface area contributed by atoms with Crippen LogP contribution in [0.5, 0.6) is 0 Å². The van der Waals surface area contributed by atoms with Crippen LogP contribution >= 0.6 is 0 Å². The number of para-hydroxylation sites is 1. The largest absolute Gasteiger partial charge is 0.420 e. The SMILES string of the molecule is [B]N1Cc2ccccc2C#Cc2ccccc21. The highest BCUT2D eigenvalue weighted by molar-refractivity contribution is 6.18. The van der Waals surface area contributed by atoms with Gasteiger partial charge in [0.2, 0.25) is 7.98 Å². The number of hydrogen-bond donors (Lipinski definition) is 0. The van der Waals surface area contributed by atoms with Crippen molar-refractivity contribution in [2.24, 2.45) is 0 Å². The molecule has 0 spiro atoms. The summed E-state index contributed by atoms with van der Waals surface area (Å²) in [6.07, 6.45) is 0. The van der Waals surface area contributed by atoms with E-state index in [1.165, 1.54) is 0 Å². The predicted molar refractivity (Wildman–Crippen MR) is 70.8 cm³/mol. The molecule has 2 radical (unpaired) electrons. The summed E-state index contributed by atoms with van der Waals surface area (Å²) >= 11 is 0. The number of fused-ring (bicyclic) bond motifs is 2. The summed E-state index contributed by atoms with van der Waals surface area (Å²) in [5, 5.41) is 0. The average molecular weight is 215 g/mol. The summed E-state index contributed by atoms with van der Waals surface area (Å²) in [5.41, 5.74) is 4.17. The van der Waals surface area contributed by atoms with Gasteiger partial charge in [0, 0.05) is 23.4 Å². The van der Waals surface area contributed by atoms with Crippen molar-refractivity contribution in [3.05, 3.63) is 65.2 Å². The van der Waals surface area contributed by atoms with Gasteiger partial charge in [-0.05, 0) is 23.8 Å². The van der Waals surface area contributed by atoms with E-state index in [1.807, 2.05) is 42.5 Å². The Morgan fingerprint density at radius 3 is 2.41 bits per heavy atom. The molecule has 0 aromatic heterocycles. The number of rotatable bonds is 0. The molecule has 0 atom stereocenters. The van der Waals surface area contributed by atoms with Crippen LogP contribution in [-0.2, 0) is 6.54 Å². The Kier molecular flexibility index (Phi) is 2.38. The summed E-state index contributed by atoms with van der Waals surface area (Å²) in [6.45, 7) is 0.682. The minimum atomic E-state index is 0.682. The molecule has 2 aromatic rings. The van der Waals surface area contributed by atoms with Gasteiger partial charge < -0.3 is 4.81 Å². The van der Waals surface area contributed by atoms with Crippen molar-refractivity contribution < 1.29 is 0 Å². The topological polar surface area (TPSA) is 3.24 Å². The second kappa shape index (κ2) is 4.03. The van der Waals surface area contributed by atoms with E-state index < -0.39 is 0 Å². The van der Waals surface area contributed by atoms with E-state index >= 15 is 0 Å². The molecule has 1 heterocycles. The monoisotopic (exact) mass is 215 g/mol. The Bertz CT molecular complexity index is 622. The van der Waals surface area contributed by atoms with Crippen molar-refractivity contribution in [3.8, 4) is 11.8 Å². The highest BCUT2D eigenvalue weighted by Crippen LogP contribution is 2.22. The Balaban J connectivity index is 2.20. The van der Waals surface area contributed by atoms with E-state index in [9.17, 15) is 0 Å². The minimum Gasteiger partial charge on any atom is -0.420 e. The zero-order valence-electron chi connectivity index (χ0n) is 9.35. The molecule has 0 amide bonds. The number of anilines is 1. The van der Waals surface area contributed by atoms with Gasteiger partial charge in [-0.1, -0.05) is 42.2 Å². The van der Waals surface area contributed by atoms with Gasteiger partial charge >= 0.3 is 0 Å². The number of benzene rings is 2. The van der Waals surface area contributed by atoms with Gasteiger partial charge in [0.25, 0.3) is 0 Å². The third-order valence-electron chi connectivity index (χ3n) is 2.90. The molecule has 1 aliphatic rings. The lowest BCUT2D eigenvalue weighted by atomic mass is 10.0. The van der Waals surface area contributed by atoms with Crippen LogP contribution in [0.2, 0.25) is 0 Å². The molecule has 78 valence electrons. The van der Waals surface area contributed by atoms with E-state index in [-0.39, 0.29) is 0 Å². The maximum Gasteiger partial charge on any atom is 0.227 e. The third kappa shape index (κ3) is 1.81. The van der Waals surface area contributed by atoms with Gasteiger partial charge in [-0.25, -0.2) is 0 Å². The molecular formula is C15H10BN. The highest BCUT2D eigenvalue weighted by Gasteiger charge is 2.09. The molecule has 0 saturated carbocycles. The highest BCUT2D eigenvalue weighted by atomic mass is 15.0. The molecule has 0 aliphatic carbocycles. The van der Waals surface area contributed by atoms with Crippen LogP contribution < -0.4 is 4.81 Å². The molecule has 17 heavy (non-hydrogen) atoms. The predicted octanol–water partition coefficient (Wildman–Crippen LogP) is 2.49. The van der Waals surface area contributed by atoms with Crippen molar-refractivity contribution >= 4 is 13.7 Å². The first-order chi connectivity index (χ1) is 8.34. The maximum absolute atomic E-state index is 6.10. The van der Waals surface area contributed by atoms with Gasteiger partial charge in [0.1, 0.15) is 0 Å². The van der Waals surface area contributed by atoms with Gasteiger partial charge in [0.05, 0.1) is 0 Å². The van der Waals surface area contributed by atoms with E-state index in [4.69, 9.17) is 7.98 Å². The van der Waals surface area contributed by atoms with Crippen LogP contribution in [0.1, 0.15) is 16.7 Å². The fourth-order valence-electron chi connectivity index (χ4n) is 2.01. The lowest BCUT2D eigenvalue weighted by Crippen LogP contribution is -2.20. The number of hydrogen-bond acceptors (Lipinski definition) is 1. The van der Waals surface area contributed by atoms with Gasteiger partial charge in [-0.15, -0.1) is 0 Å². The molecule has 1 aliphatic heterocycles. The summed E-state index contributed by atoms with van der Waals surface area (Å²) < 4.78 is 0. The van der Waals surface area contributed by atoms with Gasteiger partial charge in [-0.2, -0.15) is 0 Å². The van der Waals surface area contributed by atoms with E-state index in [0.29, 0.717) is 6.54 Å². The molecule has 2 aromatic carbocycles. The molecule has 0 fully saturated rings. The van der Waals surface area contributed by atoms with Gasteiger partial charge in [0.15, 0.2) is 0 Å². The standard InChI is InChI=1S/C15H10BN/c16-17-11-14-7-2-1-5-12(14)9-10-13-6-3-4-8-15(13)17/h1-8H,11H2. The first kappa shape index (κ1) is 10.0. The summed E-state index contributed by atoms with van der Waals surface area (Å²) in [5.74, 6) is 6.39. The fourth-order valence-corrected chi connectivity index (χ4v) is 2.01. The average Bonchev–Trinajstić information content (AvgIpc) is 2.36. The van der Waals surface area contributed by atoms with E-state index in [2.05, 4.69) is 17.9 Å². The van der Waals surface area contributed by atoms with Crippen molar-refractivity contribution in [2.45, 2.75) is 6.54 Å². The molecule has 1 nitrogen and oxygen atoms in total. The minimum absolute atomic E-state index is 0.682. The van der Waals surface area contributed by atoms with E-state index in [0.717, 1.165) is 22.4 Å². The zero-order valence-corrected chi connectivity index (χ0v) is 9.35. The smallest absolute Gasteiger partial charge is 0.227 e. The summed E-state index contributed by atoms with van der Waals surface area (Å²) in [6, 6.07) is 16.1. The lowest BCUT2D eigenvalue weighted by Gasteiger charge is -2.23. The molecule has 0 unspecified atom stereocenters. The maximum atomic E-state index is 6.10. The second-order valence-electron chi connectivity index (χ2n) is 4.05. The number of nitrogens with zero attached hydrogens (tertiary/aromatic N) is 1. The molecule has 3 rings (SSSR count). The third-order valence-corrected chi connectivity index (χ3v) is 2.90. The zero-order chi connectivity index (χ0) is 11.7. The summed E-state index contributed by atoms with van der Waals surface area (Å²) in [4.78, 5) is 1.75. The molecule has 0 saturated heterocycles. The van der Waals surface area contributed by atoms with Crippen LogP contribution in [0.25, 0.3) is 0 Å². The van der Waals surface area contributed by atoms with Crippen molar-refractivity contribution in [1.82, 2.24) is 0 Å². The van der Waals surface area contributed by atoms with Crippen molar-refractivity contribution in [1.29, 1.82) is 0 Å². The van der Waals surface area contributed by atoms with Gasteiger partial charge in [-0.3, -0.25) is 0 Å². The Labute approximate surface area is 103 Å². The molecule has 0 N–H and O–H groups in total. The lowest BCUT2D eigenvalue weighted by molar-refractivity contribution is 1.03. The van der Waals surface area contributed by atoms with Crippen molar-refractivity contribution in [3.63, 3.8) is 0 Å². The second-order valence-corrected chi connectivity index (χ2v) is 4.05. The molecular weight excluding hydrogens is 205 g/mol. The van der Waals surface area contributed by atoms with Crippen LogP contribution in [0.4, 0.5) is 5.69 Å². The Morgan fingerprint density at radius 2 is 1.53 bits per heavy atom. The van der Waals surface area contributed by atoms with Crippen LogP contribution in [-0.4, -0.2) is 7.98 Å². The van der Waals surface area contributed by atoms with Crippen LogP contribution in [0.3, 0.4) is 0 Å². The first-order valence-corrected chi connectivity index (χ1v) is 5.56. The summed E-state index contributed by atoms with van der Waals surface area (Å²) in [7, 11) is 6.10.